The van der Waals surface area contributed by atoms with Crippen molar-refractivity contribution >= 4 is 27.3 Å². The summed E-state index contributed by atoms with van der Waals surface area (Å²) in [7, 11) is -3.85. The van der Waals surface area contributed by atoms with Crippen LogP contribution in [0.1, 0.15) is 10.4 Å². The molecule has 0 radical (unpaired) electrons. The molecule has 0 amide bonds. The molecule has 1 heterocycles. The van der Waals surface area contributed by atoms with Gasteiger partial charge in [-0.2, -0.15) is 8.42 Å². The molecule has 0 aliphatic rings. The standard InChI is InChI=1S/C25H20N2O4S2/c1-2-17-27-23(18-32-25(27)26-33(29,30)22-11-7-4-8-12-22)19-13-15-21(16-14-19)31-24(28)20-9-5-3-6-10-20/h2-16,18H,1,17H2/b26-25+. The minimum atomic E-state index is -3.85. The number of allylic oxidation sites excluding steroid dienone is 1. The third kappa shape index (κ3) is 5.19. The lowest BCUT2D eigenvalue weighted by atomic mass is 10.1. The fraction of sp³-hybridized carbons (Fsp3) is 0.0400. The summed E-state index contributed by atoms with van der Waals surface area (Å²) in [5, 5.41) is 1.84. The Morgan fingerprint density at radius 1 is 0.970 bits per heavy atom. The third-order valence-corrected chi connectivity index (χ3v) is 6.98. The highest BCUT2D eigenvalue weighted by Gasteiger charge is 2.15. The van der Waals surface area contributed by atoms with Crippen molar-refractivity contribution in [2.45, 2.75) is 11.4 Å². The highest BCUT2D eigenvalue weighted by Crippen LogP contribution is 2.24. The minimum Gasteiger partial charge on any atom is -0.423 e. The largest absolute Gasteiger partial charge is 0.423 e. The van der Waals surface area contributed by atoms with E-state index in [4.69, 9.17) is 4.74 Å². The van der Waals surface area contributed by atoms with Crippen molar-refractivity contribution in [3.63, 3.8) is 0 Å². The van der Waals surface area contributed by atoms with Gasteiger partial charge in [-0.1, -0.05) is 42.5 Å². The second-order valence-electron chi connectivity index (χ2n) is 6.96. The molecule has 0 fully saturated rings. The van der Waals surface area contributed by atoms with Crippen molar-refractivity contribution in [3.05, 3.63) is 113 Å². The van der Waals surface area contributed by atoms with Gasteiger partial charge in [0.1, 0.15) is 5.75 Å². The van der Waals surface area contributed by atoms with E-state index in [-0.39, 0.29) is 4.90 Å². The fourth-order valence-corrected chi connectivity index (χ4v) is 5.28. The predicted octanol–water partition coefficient (Wildman–Crippen LogP) is 4.91. The lowest BCUT2D eigenvalue weighted by molar-refractivity contribution is 0.0734. The molecule has 4 rings (SSSR count). The average molecular weight is 477 g/mol. The van der Waals surface area contributed by atoms with Gasteiger partial charge in [-0.3, -0.25) is 0 Å². The molecular formula is C25H20N2O4S2. The Hall–Kier alpha value is -3.75. The van der Waals surface area contributed by atoms with Crippen LogP contribution in [0.15, 0.2) is 112 Å². The van der Waals surface area contributed by atoms with Crippen LogP contribution in [0.5, 0.6) is 5.75 Å². The number of benzene rings is 3. The molecule has 3 aromatic carbocycles. The Morgan fingerprint density at radius 2 is 1.61 bits per heavy atom. The first-order chi connectivity index (χ1) is 16.0. The molecule has 0 N–H and O–H groups in total. The Labute approximate surface area is 195 Å². The second kappa shape index (κ2) is 9.81. The normalized spacial score (nSPS) is 11.8. The Morgan fingerprint density at radius 3 is 2.24 bits per heavy atom. The molecule has 6 nitrogen and oxygen atoms in total. The maximum Gasteiger partial charge on any atom is 0.343 e. The molecule has 8 heteroatoms. The molecule has 1 aromatic heterocycles. The van der Waals surface area contributed by atoms with E-state index in [9.17, 15) is 13.2 Å². The van der Waals surface area contributed by atoms with Crippen molar-refractivity contribution in [2.24, 2.45) is 4.40 Å². The summed E-state index contributed by atoms with van der Waals surface area (Å²) in [4.78, 5) is 12.7. The molecule has 0 atom stereocenters. The Balaban J connectivity index is 1.64. The zero-order chi connectivity index (χ0) is 23.3. The SMILES string of the molecule is C=CCn1c(-c2ccc(OC(=O)c3ccccc3)cc2)cs/c1=N/S(=O)(=O)c1ccccc1. The number of thiazole rings is 1. The number of hydrogen-bond acceptors (Lipinski definition) is 5. The molecule has 0 unspecified atom stereocenters. The van der Waals surface area contributed by atoms with Gasteiger partial charge in [-0.05, 0) is 54.1 Å². The van der Waals surface area contributed by atoms with E-state index >= 15 is 0 Å². The zero-order valence-corrected chi connectivity index (χ0v) is 19.1. The van der Waals surface area contributed by atoms with Crippen LogP contribution >= 0.6 is 11.3 Å². The second-order valence-corrected chi connectivity index (χ2v) is 9.40. The molecule has 33 heavy (non-hydrogen) atoms. The number of nitrogens with zero attached hydrogens (tertiary/aromatic N) is 2. The lowest BCUT2D eigenvalue weighted by Gasteiger charge is -2.08. The van der Waals surface area contributed by atoms with E-state index in [2.05, 4.69) is 11.0 Å². The molecule has 0 aliphatic heterocycles. The number of aromatic nitrogens is 1. The smallest absolute Gasteiger partial charge is 0.343 e. The summed E-state index contributed by atoms with van der Waals surface area (Å²) < 4.78 is 36.7. The Kier molecular flexibility index (Phi) is 6.67. The fourth-order valence-electron chi connectivity index (χ4n) is 3.12. The summed E-state index contributed by atoms with van der Waals surface area (Å²) in [6.45, 7) is 4.16. The summed E-state index contributed by atoms with van der Waals surface area (Å²) in [6, 6.07) is 23.9. The predicted molar refractivity (Wildman–Crippen MR) is 129 cm³/mol. The number of ether oxygens (including phenoxy) is 1. The number of rotatable bonds is 7. The highest BCUT2D eigenvalue weighted by atomic mass is 32.2. The van der Waals surface area contributed by atoms with Gasteiger partial charge in [-0.25, -0.2) is 4.79 Å². The molecular weight excluding hydrogens is 456 g/mol. The van der Waals surface area contributed by atoms with E-state index in [1.807, 2.05) is 23.6 Å². The molecule has 0 saturated heterocycles. The molecule has 4 aromatic rings. The molecule has 166 valence electrons. The van der Waals surface area contributed by atoms with Crippen LogP contribution in [-0.4, -0.2) is 19.0 Å². The van der Waals surface area contributed by atoms with Crippen molar-refractivity contribution in [3.8, 4) is 17.0 Å². The van der Waals surface area contributed by atoms with Gasteiger partial charge in [0.25, 0.3) is 10.0 Å². The minimum absolute atomic E-state index is 0.134. The number of esters is 1. The quantitative estimate of drug-likeness (QED) is 0.216. The van der Waals surface area contributed by atoms with E-state index in [0.29, 0.717) is 22.7 Å². The van der Waals surface area contributed by atoms with Crippen molar-refractivity contribution in [2.75, 3.05) is 0 Å². The van der Waals surface area contributed by atoms with Gasteiger partial charge < -0.3 is 9.30 Å². The lowest BCUT2D eigenvalue weighted by Crippen LogP contribution is -2.17. The van der Waals surface area contributed by atoms with E-state index in [1.54, 1.807) is 65.2 Å². The number of hydrogen-bond donors (Lipinski definition) is 0. The summed E-state index contributed by atoms with van der Waals surface area (Å²) in [5.41, 5.74) is 2.07. The monoisotopic (exact) mass is 476 g/mol. The molecule has 0 bridgehead atoms. The molecule has 0 spiro atoms. The first-order valence-corrected chi connectivity index (χ1v) is 12.3. The van der Waals surface area contributed by atoms with Crippen molar-refractivity contribution in [1.29, 1.82) is 0 Å². The van der Waals surface area contributed by atoms with Gasteiger partial charge in [0.05, 0.1) is 16.2 Å². The Bertz CT molecular complexity index is 1440. The van der Waals surface area contributed by atoms with Crippen LogP contribution in [0.25, 0.3) is 11.3 Å². The van der Waals surface area contributed by atoms with Crippen LogP contribution < -0.4 is 9.54 Å². The summed E-state index contributed by atoms with van der Waals surface area (Å²) >= 11 is 1.23. The number of carbonyl (C=O) groups is 1. The van der Waals surface area contributed by atoms with Crippen molar-refractivity contribution < 1.29 is 17.9 Å². The maximum absolute atomic E-state index is 12.7. The molecule has 0 aliphatic carbocycles. The van der Waals surface area contributed by atoms with Crippen LogP contribution in [0, 0.1) is 0 Å². The van der Waals surface area contributed by atoms with Gasteiger partial charge in [0.15, 0.2) is 0 Å². The maximum atomic E-state index is 12.7. The number of carbonyl (C=O) groups excluding carboxylic acids is 1. The van der Waals surface area contributed by atoms with Gasteiger partial charge >= 0.3 is 5.97 Å². The topological polar surface area (TPSA) is 77.7 Å². The zero-order valence-electron chi connectivity index (χ0n) is 17.5. The first kappa shape index (κ1) is 22.4. The first-order valence-electron chi connectivity index (χ1n) is 10.0. The van der Waals surface area contributed by atoms with Crippen LogP contribution in [0.3, 0.4) is 0 Å². The van der Waals surface area contributed by atoms with Gasteiger partial charge in [-0.15, -0.1) is 22.3 Å². The van der Waals surface area contributed by atoms with E-state index in [1.165, 1.54) is 23.5 Å². The van der Waals surface area contributed by atoms with E-state index in [0.717, 1.165) is 11.3 Å². The third-order valence-electron chi connectivity index (χ3n) is 4.72. The van der Waals surface area contributed by atoms with Crippen LogP contribution in [-0.2, 0) is 16.6 Å². The van der Waals surface area contributed by atoms with E-state index < -0.39 is 16.0 Å². The average Bonchev–Trinajstić information content (AvgIpc) is 3.22. The highest BCUT2D eigenvalue weighted by molar-refractivity contribution is 7.90. The summed E-state index contributed by atoms with van der Waals surface area (Å²) in [6.07, 6.45) is 1.68. The number of sulfonamides is 1. The van der Waals surface area contributed by atoms with Crippen LogP contribution in [0.2, 0.25) is 0 Å². The van der Waals surface area contributed by atoms with Crippen molar-refractivity contribution in [1.82, 2.24) is 4.57 Å². The van der Waals surface area contributed by atoms with Gasteiger partial charge in [0.2, 0.25) is 4.80 Å². The summed E-state index contributed by atoms with van der Waals surface area (Å²) in [5.74, 6) is -0.0255. The molecule has 0 saturated carbocycles. The van der Waals surface area contributed by atoms with Gasteiger partial charge in [0, 0.05) is 11.9 Å². The van der Waals surface area contributed by atoms with Crippen LogP contribution in [0.4, 0.5) is 0 Å².